The summed E-state index contributed by atoms with van der Waals surface area (Å²) in [5.74, 6) is 0.557. The highest BCUT2D eigenvalue weighted by Gasteiger charge is 2.33. The monoisotopic (exact) mass is 309 g/mol. The van der Waals surface area contributed by atoms with Crippen LogP contribution in [0.15, 0.2) is 10.9 Å². The molecule has 2 heterocycles. The molecule has 1 aromatic rings. The molecule has 0 aromatic carbocycles. The molecule has 2 amide bonds. The largest absolute Gasteiger partial charge is 0.349 e. The van der Waals surface area contributed by atoms with Gasteiger partial charge in [0.15, 0.2) is 0 Å². The maximum Gasteiger partial charge on any atom is 0.243 e. The van der Waals surface area contributed by atoms with Crippen molar-refractivity contribution in [3.8, 4) is 0 Å². The Morgan fingerprint density at radius 1 is 1.52 bits per heavy atom. The van der Waals surface area contributed by atoms with Crippen LogP contribution in [0.4, 0.5) is 0 Å². The maximum atomic E-state index is 12.3. The zero-order valence-corrected chi connectivity index (χ0v) is 13.5. The number of hydrogen-bond donors (Lipinski definition) is 1. The van der Waals surface area contributed by atoms with Crippen LogP contribution in [-0.2, 0) is 16.1 Å². The first-order valence-corrected chi connectivity index (χ1v) is 8.46. The molecule has 1 unspecified atom stereocenters. The average Bonchev–Trinajstić information content (AvgIpc) is 3.12. The Labute approximate surface area is 129 Å². The summed E-state index contributed by atoms with van der Waals surface area (Å²) >= 11 is 1.51. The first-order valence-electron chi connectivity index (χ1n) is 7.52. The highest BCUT2D eigenvalue weighted by atomic mass is 32.1. The van der Waals surface area contributed by atoms with Crippen molar-refractivity contribution >= 4 is 23.2 Å². The number of nitrogens with zero attached hydrogens (tertiary/aromatic N) is 2. The van der Waals surface area contributed by atoms with E-state index >= 15 is 0 Å². The minimum absolute atomic E-state index is 0.0570. The van der Waals surface area contributed by atoms with Gasteiger partial charge in [0.2, 0.25) is 11.8 Å². The second-order valence-corrected chi connectivity index (χ2v) is 6.59. The molecular formula is C15H23N3O2S. The molecule has 0 bridgehead atoms. The van der Waals surface area contributed by atoms with Crippen LogP contribution in [0.2, 0.25) is 0 Å². The van der Waals surface area contributed by atoms with Crippen LogP contribution in [0.3, 0.4) is 0 Å². The van der Waals surface area contributed by atoms with E-state index in [1.165, 1.54) is 11.3 Å². The summed E-state index contributed by atoms with van der Waals surface area (Å²) < 4.78 is 0. The van der Waals surface area contributed by atoms with E-state index in [1.807, 2.05) is 5.38 Å². The van der Waals surface area contributed by atoms with Crippen LogP contribution in [-0.4, -0.2) is 34.3 Å². The van der Waals surface area contributed by atoms with Crippen LogP contribution in [0.5, 0.6) is 0 Å². The van der Waals surface area contributed by atoms with Crippen LogP contribution < -0.4 is 5.32 Å². The number of carbonyl (C=O) groups excluding carboxylic acids is 2. The lowest BCUT2D eigenvalue weighted by atomic mass is 10.1. The van der Waals surface area contributed by atoms with Crippen molar-refractivity contribution in [1.82, 2.24) is 15.2 Å². The number of hydrogen-bond acceptors (Lipinski definition) is 4. The normalized spacial score (nSPS) is 18.2. The first-order chi connectivity index (χ1) is 10.1. The Morgan fingerprint density at radius 2 is 2.33 bits per heavy atom. The fourth-order valence-corrected chi connectivity index (χ4v) is 3.07. The van der Waals surface area contributed by atoms with E-state index < -0.39 is 0 Å². The molecule has 116 valence electrons. The minimum atomic E-state index is -0.303. The highest BCUT2D eigenvalue weighted by Crippen LogP contribution is 2.20. The fourth-order valence-electron chi connectivity index (χ4n) is 2.51. The summed E-state index contributed by atoms with van der Waals surface area (Å²) in [6.45, 7) is 5.35. The Kier molecular flexibility index (Phi) is 5.73. The number of nitrogens with one attached hydrogen (secondary N) is 1. The summed E-state index contributed by atoms with van der Waals surface area (Å²) in [7, 11) is 0. The molecule has 5 nitrogen and oxygen atoms in total. The molecule has 0 saturated carbocycles. The van der Waals surface area contributed by atoms with Gasteiger partial charge in [-0.3, -0.25) is 9.59 Å². The molecule has 0 aliphatic carbocycles. The third kappa shape index (κ3) is 4.52. The Balaban J connectivity index is 1.85. The van der Waals surface area contributed by atoms with Gasteiger partial charge in [0.25, 0.3) is 0 Å². The van der Waals surface area contributed by atoms with Gasteiger partial charge in [-0.05, 0) is 25.2 Å². The summed E-state index contributed by atoms with van der Waals surface area (Å²) in [4.78, 5) is 30.4. The van der Waals surface area contributed by atoms with Gasteiger partial charge in [-0.25, -0.2) is 4.98 Å². The molecule has 21 heavy (non-hydrogen) atoms. The fraction of sp³-hybridized carbons (Fsp3) is 0.667. The number of thiazole rings is 1. The molecule has 1 N–H and O–H groups in total. The molecule has 2 rings (SSSR count). The number of likely N-dealkylation sites (tertiary alicyclic amines) is 1. The SMILES string of the molecule is CC(C)CCC(=O)N1CCCC1C(=O)NCc1cscn1. The molecule has 1 aliphatic rings. The molecule has 0 spiro atoms. The van der Waals surface area contributed by atoms with Crippen molar-refractivity contribution in [2.45, 2.75) is 52.1 Å². The topological polar surface area (TPSA) is 62.3 Å². The van der Waals surface area contributed by atoms with E-state index in [9.17, 15) is 9.59 Å². The van der Waals surface area contributed by atoms with Crippen LogP contribution in [0.25, 0.3) is 0 Å². The van der Waals surface area contributed by atoms with Gasteiger partial charge in [-0.2, -0.15) is 0 Å². The first kappa shape index (κ1) is 15.9. The van der Waals surface area contributed by atoms with E-state index in [-0.39, 0.29) is 17.9 Å². The molecule has 1 aliphatic heterocycles. The second kappa shape index (κ2) is 7.54. The Hall–Kier alpha value is -1.43. The van der Waals surface area contributed by atoms with Gasteiger partial charge < -0.3 is 10.2 Å². The zero-order valence-electron chi connectivity index (χ0n) is 12.7. The standard InChI is InChI=1S/C15H23N3O2S/c1-11(2)5-6-14(19)18-7-3-4-13(18)15(20)16-8-12-9-21-10-17-12/h9-11,13H,3-8H2,1-2H3,(H,16,20). The molecule has 1 atom stereocenters. The van der Waals surface area contributed by atoms with E-state index in [1.54, 1.807) is 10.4 Å². The van der Waals surface area contributed by atoms with Crippen LogP contribution in [0.1, 0.15) is 45.2 Å². The van der Waals surface area contributed by atoms with Crippen molar-refractivity contribution in [3.63, 3.8) is 0 Å². The predicted octanol–water partition coefficient (Wildman–Crippen LogP) is 2.19. The summed E-state index contributed by atoms with van der Waals surface area (Å²) in [6, 6.07) is -0.303. The molecule has 6 heteroatoms. The number of carbonyl (C=O) groups is 2. The quantitative estimate of drug-likeness (QED) is 0.876. The van der Waals surface area contributed by atoms with E-state index in [4.69, 9.17) is 0 Å². The van der Waals surface area contributed by atoms with Crippen molar-refractivity contribution in [2.24, 2.45) is 5.92 Å². The van der Waals surface area contributed by atoms with Gasteiger partial charge in [-0.1, -0.05) is 13.8 Å². The minimum Gasteiger partial charge on any atom is -0.349 e. The van der Waals surface area contributed by atoms with E-state index in [0.717, 1.165) is 25.0 Å². The zero-order chi connectivity index (χ0) is 15.2. The van der Waals surface area contributed by atoms with Gasteiger partial charge in [0.05, 0.1) is 17.7 Å². The lowest BCUT2D eigenvalue weighted by Gasteiger charge is -2.24. The van der Waals surface area contributed by atoms with Crippen molar-refractivity contribution in [2.75, 3.05) is 6.54 Å². The molecule has 1 saturated heterocycles. The van der Waals surface area contributed by atoms with Crippen LogP contribution in [0, 0.1) is 5.92 Å². The predicted molar refractivity (Wildman–Crippen MR) is 82.8 cm³/mol. The Morgan fingerprint density at radius 3 is 3.00 bits per heavy atom. The van der Waals surface area contributed by atoms with E-state index in [0.29, 0.717) is 25.4 Å². The molecule has 1 fully saturated rings. The number of rotatable bonds is 6. The van der Waals surface area contributed by atoms with Gasteiger partial charge in [-0.15, -0.1) is 11.3 Å². The average molecular weight is 309 g/mol. The lowest BCUT2D eigenvalue weighted by molar-refractivity contribution is -0.138. The molecule has 0 radical (unpaired) electrons. The number of amides is 2. The number of aromatic nitrogens is 1. The maximum absolute atomic E-state index is 12.3. The van der Waals surface area contributed by atoms with Crippen molar-refractivity contribution in [3.05, 3.63) is 16.6 Å². The summed E-state index contributed by atoms with van der Waals surface area (Å²) in [6.07, 6.45) is 3.08. The van der Waals surface area contributed by atoms with E-state index in [2.05, 4.69) is 24.1 Å². The second-order valence-electron chi connectivity index (χ2n) is 5.88. The molecular weight excluding hydrogens is 286 g/mol. The summed E-state index contributed by atoms with van der Waals surface area (Å²) in [5.41, 5.74) is 2.61. The third-order valence-electron chi connectivity index (χ3n) is 3.74. The van der Waals surface area contributed by atoms with Crippen LogP contribution >= 0.6 is 11.3 Å². The van der Waals surface area contributed by atoms with Crippen molar-refractivity contribution < 1.29 is 9.59 Å². The van der Waals surface area contributed by atoms with Gasteiger partial charge in [0.1, 0.15) is 6.04 Å². The van der Waals surface area contributed by atoms with Gasteiger partial charge >= 0.3 is 0 Å². The Bertz CT molecular complexity index is 473. The molecule has 1 aromatic heterocycles. The smallest absolute Gasteiger partial charge is 0.243 e. The van der Waals surface area contributed by atoms with Crippen molar-refractivity contribution in [1.29, 1.82) is 0 Å². The summed E-state index contributed by atoms with van der Waals surface area (Å²) in [5, 5.41) is 4.81. The third-order valence-corrected chi connectivity index (χ3v) is 4.37. The highest BCUT2D eigenvalue weighted by molar-refractivity contribution is 7.07. The van der Waals surface area contributed by atoms with Gasteiger partial charge in [0, 0.05) is 18.3 Å². The lowest BCUT2D eigenvalue weighted by Crippen LogP contribution is -2.45.